The van der Waals surface area contributed by atoms with Crippen LogP contribution < -0.4 is 5.32 Å². The Bertz CT molecular complexity index is 701. The topological polar surface area (TPSA) is 67.6 Å². The number of H-pyrrole nitrogens is 1. The van der Waals surface area contributed by atoms with E-state index in [1.54, 1.807) is 4.57 Å². The van der Waals surface area contributed by atoms with Gasteiger partial charge in [-0.2, -0.15) is 5.10 Å². The Hall–Kier alpha value is -1.63. The third kappa shape index (κ3) is 2.77. The number of hydrogen-bond donors (Lipinski definition) is 2. The maximum absolute atomic E-state index is 12.1. The van der Waals surface area contributed by atoms with E-state index in [1.807, 2.05) is 39.3 Å². The van der Waals surface area contributed by atoms with Gasteiger partial charge in [0.1, 0.15) is 12.1 Å². The lowest BCUT2D eigenvalue weighted by atomic mass is 10.1. The van der Waals surface area contributed by atoms with Gasteiger partial charge < -0.3 is 10.3 Å². The average molecular weight is 295 g/mol. The molecule has 2 aromatic heterocycles. The first-order valence-corrected chi connectivity index (χ1v) is 7.10. The molecule has 0 spiro atoms. The van der Waals surface area contributed by atoms with Gasteiger partial charge in [0.15, 0.2) is 10.4 Å². The third-order valence-corrected chi connectivity index (χ3v) is 3.27. The summed E-state index contributed by atoms with van der Waals surface area (Å²) in [4.78, 5) is 15.2. The van der Waals surface area contributed by atoms with Crippen LogP contribution in [0.2, 0.25) is 0 Å². The van der Waals surface area contributed by atoms with Gasteiger partial charge in [-0.1, -0.05) is 0 Å². The summed E-state index contributed by atoms with van der Waals surface area (Å²) in [6.07, 6.45) is 0. The monoisotopic (exact) mass is 295 g/mol. The molecule has 0 aromatic carbocycles. The summed E-state index contributed by atoms with van der Waals surface area (Å²) < 4.78 is 4.21. The van der Waals surface area contributed by atoms with Crippen molar-refractivity contribution >= 4 is 29.3 Å². The van der Waals surface area contributed by atoms with Gasteiger partial charge in [-0.15, -0.1) is 0 Å². The van der Waals surface area contributed by atoms with Gasteiger partial charge in [-0.25, -0.2) is 4.68 Å². The Morgan fingerprint density at radius 2 is 2.10 bits per heavy atom. The minimum absolute atomic E-state index is 0.0593. The molecule has 110 valence electrons. The summed E-state index contributed by atoms with van der Waals surface area (Å²) >= 11 is 5.32. The molecule has 0 unspecified atom stereocenters. The molecule has 6 nitrogen and oxygen atoms in total. The first-order valence-electron chi connectivity index (χ1n) is 6.70. The van der Waals surface area contributed by atoms with Gasteiger partial charge in [0.05, 0.1) is 5.69 Å². The molecular weight excluding hydrogens is 274 g/mol. The van der Waals surface area contributed by atoms with E-state index in [0.29, 0.717) is 4.77 Å². The number of hydrogen-bond acceptors (Lipinski definition) is 3. The van der Waals surface area contributed by atoms with E-state index in [1.165, 1.54) is 0 Å². The van der Waals surface area contributed by atoms with Crippen molar-refractivity contribution < 1.29 is 4.79 Å². The zero-order valence-corrected chi connectivity index (χ0v) is 13.4. The molecule has 20 heavy (non-hydrogen) atoms. The number of imidazole rings is 1. The number of nitrogens with zero attached hydrogens (tertiary/aromatic N) is 3. The molecule has 0 radical (unpaired) electrons. The highest BCUT2D eigenvalue weighted by molar-refractivity contribution is 7.71. The van der Waals surface area contributed by atoms with E-state index in [2.05, 4.69) is 15.4 Å². The van der Waals surface area contributed by atoms with Crippen molar-refractivity contribution in [2.45, 2.75) is 53.2 Å². The van der Waals surface area contributed by atoms with Crippen molar-refractivity contribution in [2.75, 3.05) is 0 Å². The van der Waals surface area contributed by atoms with Gasteiger partial charge in [0, 0.05) is 12.1 Å². The second kappa shape index (κ2) is 5.05. The van der Waals surface area contributed by atoms with Crippen LogP contribution in [0.1, 0.15) is 33.4 Å². The molecule has 2 N–H and O–H groups in total. The highest BCUT2D eigenvalue weighted by Crippen LogP contribution is 2.18. The molecule has 2 rings (SSSR count). The predicted octanol–water partition coefficient (Wildman–Crippen LogP) is 2.14. The number of fused-ring (bicyclic) bond motifs is 1. The number of carbonyl (C=O) groups excluding carboxylic acids is 1. The fourth-order valence-corrected chi connectivity index (χ4v) is 2.48. The maximum atomic E-state index is 12.1. The largest absolute Gasteiger partial charge is 0.350 e. The molecule has 7 heteroatoms. The number of nitrogens with one attached hydrogen (secondary N) is 2. The van der Waals surface area contributed by atoms with Crippen molar-refractivity contribution in [3.63, 3.8) is 0 Å². The van der Waals surface area contributed by atoms with Crippen molar-refractivity contribution in [2.24, 2.45) is 0 Å². The van der Waals surface area contributed by atoms with E-state index in [9.17, 15) is 4.79 Å². The minimum atomic E-state index is -0.254. The number of aromatic nitrogens is 4. The Morgan fingerprint density at radius 3 is 2.65 bits per heavy atom. The van der Waals surface area contributed by atoms with E-state index < -0.39 is 0 Å². The van der Waals surface area contributed by atoms with Gasteiger partial charge in [-0.05, 0) is 46.8 Å². The fourth-order valence-electron chi connectivity index (χ4n) is 2.23. The zero-order chi connectivity index (χ0) is 15.1. The smallest absolute Gasteiger partial charge is 0.240 e. The van der Waals surface area contributed by atoms with Crippen molar-refractivity contribution in [3.05, 3.63) is 10.5 Å². The van der Waals surface area contributed by atoms with Gasteiger partial charge in [0.2, 0.25) is 5.91 Å². The van der Waals surface area contributed by atoms with Crippen molar-refractivity contribution in [1.82, 2.24) is 24.6 Å². The number of aromatic amines is 1. The number of amides is 1. The van der Waals surface area contributed by atoms with Gasteiger partial charge >= 0.3 is 0 Å². The van der Waals surface area contributed by atoms with Gasteiger partial charge in [-0.3, -0.25) is 9.36 Å². The van der Waals surface area contributed by atoms with Gasteiger partial charge in [0.25, 0.3) is 0 Å². The molecule has 0 saturated heterocycles. The molecular formula is C13H21N5OS. The second-order valence-electron chi connectivity index (χ2n) is 5.91. The van der Waals surface area contributed by atoms with Crippen LogP contribution in [0, 0.1) is 11.7 Å². The lowest BCUT2D eigenvalue weighted by Crippen LogP contribution is -2.42. The Kier molecular flexibility index (Phi) is 3.73. The Morgan fingerprint density at radius 1 is 1.45 bits per heavy atom. The van der Waals surface area contributed by atoms with Crippen LogP contribution in [-0.4, -0.2) is 30.8 Å². The lowest BCUT2D eigenvalue weighted by Gasteiger charge is -2.20. The van der Waals surface area contributed by atoms with Crippen LogP contribution in [0.3, 0.4) is 0 Å². The van der Waals surface area contributed by atoms with E-state index in [0.717, 1.165) is 23.4 Å². The average Bonchev–Trinajstić information content (AvgIpc) is 2.76. The Balaban J connectivity index is 2.42. The van der Waals surface area contributed by atoms with Crippen molar-refractivity contribution in [1.29, 1.82) is 0 Å². The molecule has 0 fully saturated rings. The molecule has 2 heterocycles. The molecule has 0 aliphatic carbocycles. The molecule has 2 aromatic rings. The summed E-state index contributed by atoms with van der Waals surface area (Å²) in [5.74, 6) is -0.0593. The number of carbonyl (C=O) groups is 1. The normalized spacial score (nSPS) is 12.1. The third-order valence-electron chi connectivity index (χ3n) is 2.95. The van der Waals surface area contributed by atoms with Crippen LogP contribution in [0.15, 0.2) is 0 Å². The quantitative estimate of drug-likeness (QED) is 0.853. The van der Waals surface area contributed by atoms with E-state index in [4.69, 9.17) is 12.2 Å². The predicted molar refractivity (Wildman–Crippen MR) is 81.2 cm³/mol. The first kappa shape index (κ1) is 14.8. The standard InChI is InChI=1S/C13H21N5OS/c1-6-18-11-10(8(2)16-18)14-12(20)17(11)7-9(19)15-13(3,4)5/h6-7H2,1-5H3,(H,14,20)(H,15,19). The summed E-state index contributed by atoms with van der Waals surface area (Å²) in [6, 6.07) is 0. The van der Waals surface area contributed by atoms with Crippen LogP contribution in [-0.2, 0) is 17.9 Å². The van der Waals surface area contributed by atoms with Crippen LogP contribution in [0.25, 0.3) is 11.2 Å². The summed E-state index contributed by atoms with van der Waals surface area (Å²) in [5.41, 5.74) is 2.41. The van der Waals surface area contributed by atoms with Crippen molar-refractivity contribution in [3.8, 4) is 0 Å². The number of aryl methyl sites for hydroxylation is 2. The highest BCUT2D eigenvalue weighted by Gasteiger charge is 2.18. The maximum Gasteiger partial charge on any atom is 0.240 e. The molecule has 0 aliphatic heterocycles. The molecule has 0 aliphatic rings. The zero-order valence-electron chi connectivity index (χ0n) is 12.6. The minimum Gasteiger partial charge on any atom is -0.350 e. The summed E-state index contributed by atoms with van der Waals surface area (Å²) in [5, 5.41) is 7.38. The summed E-state index contributed by atoms with van der Waals surface area (Å²) in [7, 11) is 0. The highest BCUT2D eigenvalue weighted by atomic mass is 32.1. The first-order chi connectivity index (χ1) is 9.23. The van der Waals surface area contributed by atoms with Crippen LogP contribution in [0.4, 0.5) is 0 Å². The SMILES string of the molecule is CCn1nc(C)c2[nH]c(=S)n(CC(=O)NC(C)(C)C)c21. The van der Waals surface area contributed by atoms with E-state index >= 15 is 0 Å². The number of rotatable bonds is 3. The molecule has 1 amide bonds. The fraction of sp³-hybridized carbons (Fsp3) is 0.615. The molecule has 0 bridgehead atoms. The Labute approximate surface area is 123 Å². The van der Waals surface area contributed by atoms with Crippen LogP contribution >= 0.6 is 12.2 Å². The summed E-state index contributed by atoms with van der Waals surface area (Å²) in [6.45, 7) is 10.7. The molecule has 0 atom stereocenters. The molecule has 0 saturated carbocycles. The second-order valence-corrected chi connectivity index (χ2v) is 6.30. The lowest BCUT2D eigenvalue weighted by molar-refractivity contribution is -0.123. The van der Waals surface area contributed by atoms with Crippen LogP contribution in [0.5, 0.6) is 0 Å². The van der Waals surface area contributed by atoms with E-state index in [-0.39, 0.29) is 18.0 Å².